The Bertz CT molecular complexity index is 989. The van der Waals surface area contributed by atoms with E-state index < -0.39 is 18.5 Å². The predicted octanol–water partition coefficient (Wildman–Crippen LogP) is 6.30. The fraction of sp³-hybridized carbons (Fsp3) is 0.500. The van der Waals surface area contributed by atoms with Crippen LogP contribution in [0.1, 0.15) is 69.6 Å². The van der Waals surface area contributed by atoms with Crippen LogP contribution >= 0.6 is 0 Å². The number of alkyl halides is 2. The van der Waals surface area contributed by atoms with E-state index in [0.717, 1.165) is 29.1 Å². The smallest absolute Gasteiger partial charge is 0.311 e. The molecule has 1 aliphatic heterocycles. The molecular weight excluding hydrogens is 408 g/mol. The van der Waals surface area contributed by atoms with Crippen molar-refractivity contribution in [2.45, 2.75) is 77.3 Å². The van der Waals surface area contributed by atoms with Crippen LogP contribution in [0.15, 0.2) is 42.5 Å². The van der Waals surface area contributed by atoms with Gasteiger partial charge < -0.3 is 10.7 Å². The number of nitrogens with one attached hydrogen (secondary N) is 2. The van der Waals surface area contributed by atoms with Crippen LogP contribution in [-0.2, 0) is 16.6 Å². The van der Waals surface area contributed by atoms with Gasteiger partial charge in [-0.25, -0.2) is 0 Å². The predicted molar refractivity (Wildman–Crippen MR) is 125 cm³/mol. The first kappa shape index (κ1) is 22.7. The molecular formula is C26H33F2N3O. The normalized spacial score (nSPS) is 22.2. The molecule has 2 atom stereocenters. The van der Waals surface area contributed by atoms with Crippen LogP contribution in [0.25, 0.3) is 0 Å². The lowest BCUT2D eigenvalue weighted by atomic mass is 9.85. The molecule has 4 nitrogen and oxygen atoms in total. The highest BCUT2D eigenvalue weighted by Crippen LogP contribution is 2.51. The Hall–Kier alpha value is -2.47. The molecule has 6 heteroatoms. The summed E-state index contributed by atoms with van der Waals surface area (Å²) in [6.45, 7) is 6.10. The third-order valence-corrected chi connectivity index (χ3v) is 6.82. The summed E-state index contributed by atoms with van der Waals surface area (Å²) in [6, 6.07) is 12.4. The standard InChI is InChI=1S/C26H33F2N3O/c1-16(2)14-18-15-26(3,4)19-9-7-11-21(23(18)19)29-24(32)22-13-12-17-8-5-6-10-20(17)30-31(22)25(27)28/h5-11,16,18,22,25,30H,12-15H2,1-4H3,(H,29,32). The number of halogens is 2. The molecule has 0 saturated carbocycles. The molecule has 2 unspecified atom stereocenters. The quantitative estimate of drug-likeness (QED) is 0.535. The van der Waals surface area contributed by atoms with Crippen LogP contribution < -0.4 is 10.7 Å². The molecule has 0 aromatic heterocycles. The first-order valence-electron chi connectivity index (χ1n) is 11.5. The lowest BCUT2D eigenvalue weighted by molar-refractivity contribution is -0.127. The Balaban J connectivity index is 1.62. The molecule has 0 radical (unpaired) electrons. The summed E-state index contributed by atoms with van der Waals surface area (Å²) in [7, 11) is 0. The van der Waals surface area contributed by atoms with E-state index in [9.17, 15) is 13.6 Å². The third-order valence-electron chi connectivity index (χ3n) is 6.82. The molecule has 172 valence electrons. The largest absolute Gasteiger partial charge is 0.324 e. The van der Waals surface area contributed by atoms with Crippen molar-refractivity contribution in [2.24, 2.45) is 5.92 Å². The van der Waals surface area contributed by atoms with E-state index in [1.54, 1.807) is 12.1 Å². The van der Waals surface area contributed by atoms with Gasteiger partial charge >= 0.3 is 6.55 Å². The van der Waals surface area contributed by atoms with Crippen LogP contribution in [0.2, 0.25) is 0 Å². The van der Waals surface area contributed by atoms with Crippen molar-refractivity contribution in [1.29, 1.82) is 0 Å². The van der Waals surface area contributed by atoms with Gasteiger partial charge in [0.2, 0.25) is 5.91 Å². The fourth-order valence-corrected chi connectivity index (χ4v) is 5.46. The Morgan fingerprint density at radius 3 is 2.66 bits per heavy atom. The van der Waals surface area contributed by atoms with E-state index in [1.807, 2.05) is 24.3 Å². The summed E-state index contributed by atoms with van der Waals surface area (Å²) < 4.78 is 27.9. The van der Waals surface area contributed by atoms with Crippen molar-refractivity contribution in [1.82, 2.24) is 5.01 Å². The number of carbonyl (C=O) groups is 1. The molecule has 1 amide bonds. The maximum atomic E-state index is 14.0. The van der Waals surface area contributed by atoms with Gasteiger partial charge in [0, 0.05) is 5.69 Å². The minimum absolute atomic E-state index is 0.0240. The second-order valence-corrected chi connectivity index (χ2v) is 10.2. The number of hydrazine groups is 1. The Kier molecular flexibility index (Phi) is 6.26. The minimum atomic E-state index is -2.80. The number of amides is 1. The molecule has 2 N–H and O–H groups in total. The number of fused-ring (bicyclic) bond motifs is 2. The summed E-state index contributed by atoms with van der Waals surface area (Å²) in [5.41, 5.74) is 7.57. The van der Waals surface area contributed by atoms with Gasteiger partial charge in [-0.1, -0.05) is 58.0 Å². The van der Waals surface area contributed by atoms with Crippen molar-refractivity contribution in [3.05, 3.63) is 59.2 Å². The second kappa shape index (κ2) is 8.81. The summed E-state index contributed by atoms with van der Waals surface area (Å²) in [5.74, 6) is 0.482. The van der Waals surface area contributed by atoms with Crippen LogP contribution in [0.3, 0.4) is 0 Å². The summed E-state index contributed by atoms with van der Waals surface area (Å²) >= 11 is 0. The molecule has 4 rings (SSSR count). The highest BCUT2D eigenvalue weighted by atomic mass is 19.3. The zero-order valence-corrected chi connectivity index (χ0v) is 19.3. The molecule has 0 fully saturated rings. The van der Waals surface area contributed by atoms with Crippen LogP contribution in [0, 0.1) is 5.92 Å². The zero-order valence-electron chi connectivity index (χ0n) is 19.3. The summed E-state index contributed by atoms with van der Waals surface area (Å²) in [6.07, 6.45) is 2.93. The first-order valence-corrected chi connectivity index (χ1v) is 11.5. The lowest BCUT2D eigenvalue weighted by Crippen LogP contribution is -2.49. The van der Waals surface area contributed by atoms with Crippen LogP contribution in [-0.4, -0.2) is 23.5 Å². The molecule has 0 bridgehead atoms. The van der Waals surface area contributed by atoms with Crippen molar-refractivity contribution in [3.63, 3.8) is 0 Å². The third kappa shape index (κ3) is 4.38. The number of carbonyl (C=O) groups excluding carboxylic acids is 1. The average Bonchev–Trinajstić information content (AvgIpc) is 2.87. The molecule has 2 aromatic rings. The topological polar surface area (TPSA) is 44.4 Å². The summed E-state index contributed by atoms with van der Waals surface area (Å²) in [4.78, 5) is 13.4. The van der Waals surface area contributed by atoms with E-state index in [1.165, 1.54) is 11.1 Å². The fourth-order valence-electron chi connectivity index (χ4n) is 5.46. The minimum Gasteiger partial charge on any atom is -0.324 e. The molecule has 0 saturated heterocycles. The molecule has 1 aliphatic carbocycles. The summed E-state index contributed by atoms with van der Waals surface area (Å²) in [5, 5.41) is 3.83. The van der Waals surface area contributed by atoms with Gasteiger partial charge in [0.05, 0.1) is 5.69 Å². The van der Waals surface area contributed by atoms with Crippen molar-refractivity contribution < 1.29 is 13.6 Å². The molecule has 0 spiro atoms. The molecule has 1 heterocycles. The number of anilines is 2. The van der Waals surface area contributed by atoms with Crippen LogP contribution in [0.5, 0.6) is 0 Å². The molecule has 2 aliphatic rings. The molecule has 32 heavy (non-hydrogen) atoms. The van der Waals surface area contributed by atoms with E-state index in [-0.39, 0.29) is 5.41 Å². The highest BCUT2D eigenvalue weighted by molar-refractivity contribution is 5.96. The second-order valence-electron chi connectivity index (χ2n) is 10.2. The van der Waals surface area contributed by atoms with Crippen LogP contribution in [0.4, 0.5) is 20.2 Å². The Morgan fingerprint density at radius 1 is 1.19 bits per heavy atom. The van der Waals surface area contributed by atoms with Gasteiger partial charge in [-0.15, -0.1) is 0 Å². The number of hydrogen-bond donors (Lipinski definition) is 2. The van der Waals surface area contributed by atoms with E-state index >= 15 is 0 Å². The number of aryl methyl sites for hydroxylation is 1. The zero-order chi connectivity index (χ0) is 23.0. The maximum Gasteiger partial charge on any atom is 0.311 e. The van der Waals surface area contributed by atoms with Crippen molar-refractivity contribution in [2.75, 3.05) is 10.7 Å². The number of hydrogen-bond acceptors (Lipinski definition) is 3. The van der Waals surface area contributed by atoms with Gasteiger partial charge in [0.25, 0.3) is 0 Å². The molecule has 2 aromatic carbocycles. The number of para-hydroxylation sites is 1. The number of nitrogens with zero attached hydrogens (tertiary/aromatic N) is 1. The number of rotatable bonds is 5. The van der Waals surface area contributed by atoms with Gasteiger partial charge in [-0.2, -0.15) is 13.8 Å². The Labute approximate surface area is 189 Å². The lowest BCUT2D eigenvalue weighted by Gasteiger charge is -2.29. The maximum absolute atomic E-state index is 14.0. The van der Waals surface area contributed by atoms with E-state index in [0.29, 0.717) is 30.4 Å². The van der Waals surface area contributed by atoms with E-state index in [2.05, 4.69) is 44.5 Å². The van der Waals surface area contributed by atoms with Gasteiger partial charge in [-0.05, 0) is 71.8 Å². The van der Waals surface area contributed by atoms with E-state index in [4.69, 9.17) is 0 Å². The highest BCUT2D eigenvalue weighted by Gasteiger charge is 2.40. The average molecular weight is 442 g/mol. The Morgan fingerprint density at radius 2 is 1.94 bits per heavy atom. The first-order chi connectivity index (χ1) is 15.2. The van der Waals surface area contributed by atoms with Gasteiger partial charge in [0.15, 0.2) is 0 Å². The monoisotopic (exact) mass is 441 g/mol. The van der Waals surface area contributed by atoms with Gasteiger partial charge in [0.1, 0.15) is 6.04 Å². The van der Waals surface area contributed by atoms with Crippen molar-refractivity contribution in [3.8, 4) is 0 Å². The van der Waals surface area contributed by atoms with Gasteiger partial charge in [-0.3, -0.25) is 4.79 Å². The SMILES string of the molecule is CC(C)CC1CC(C)(C)c2cccc(NC(=O)C3CCc4ccccc4NN3C(F)F)c21. The number of benzene rings is 2. The van der Waals surface area contributed by atoms with Crippen molar-refractivity contribution >= 4 is 17.3 Å².